The van der Waals surface area contributed by atoms with E-state index >= 15 is 0 Å². The number of hydrogen-bond donors (Lipinski definition) is 2. The number of rotatable bonds is 5. The summed E-state index contributed by atoms with van der Waals surface area (Å²) in [5.74, 6) is -0.929. The first-order valence-electron chi connectivity index (χ1n) is 9.88. The fourth-order valence-corrected chi connectivity index (χ4v) is 3.31. The first-order valence-corrected chi connectivity index (χ1v) is 9.88. The first kappa shape index (κ1) is 21.2. The molecule has 0 spiro atoms. The maximum Gasteiger partial charge on any atom is 0.267 e. The SMILES string of the molecule is Cc1ccc(C)c(N2N=C(C(=O)NCC(=O)Nc3c(C)cccc3C)CCC2=O)c1. The topological polar surface area (TPSA) is 90.9 Å². The second-order valence-corrected chi connectivity index (χ2v) is 7.54. The van der Waals surface area contributed by atoms with Crippen LogP contribution in [0.2, 0.25) is 0 Å². The van der Waals surface area contributed by atoms with Crippen LogP contribution in [-0.2, 0) is 14.4 Å². The lowest BCUT2D eigenvalue weighted by Crippen LogP contribution is -2.41. The summed E-state index contributed by atoms with van der Waals surface area (Å²) in [6.45, 7) is 7.48. The van der Waals surface area contributed by atoms with E-state index in [9.17, 15) is 14.4 Å². The smallest absolute Gasteiger partial charge is 0.267 e. The lowest BCUT2D eigenvalue weighted by Gasteiger charge is -2.24. The summed E-state index contributed by atoms with van der Waals surface area (Å²) in [6, 6.07) is 11.5. The van der Waals surface area contributed by atoms with Gasteiger partial charge in [0.15, 0.2) is 0 Å². The van der Waals surface area contributed by atoms with Crippen LogP contribution in [0, 0.1) is 27.7 Å². The second kappa shape index (κ2) is 8.90. The molecule has 0 atom stereocenters. The molecule has 2 N–H and O–H groups in total. The minimum Gasteiger partial charge on any atom is -0.342 e. The monoisotopic (exact) mass is 406 g/mol. The summed E-state index contributed by atoms with van der Waals surface area (Å²) in [7, 11) is 0. The van der Waals surface area contributed by atoms with Crippen LogP contribution in [0.4, 0.5) is 11.4 Å². The summed E-state index contributed by atoms with van der Waals surface area (Å²) in [4.78, 5) is 37.2. The van der Waals surface area contributed by atoms with E-state index in [1.807, 2.05) is 64.1 Å². The van der Waals surface area contributed by atoms with Crippen LogP contribution in [0.1, 0.15) is 35.1 Å². The molecule has 3 amide bonds. The molecule has 0 saturated heterocycles. The van der Waals surface area contributed by atoms with Crippen molar-refractivity contribution < 1.29 is 14.4 Å². The molecule has 1 aliphatic rings. The summed E-state index contributed by atoms with van der Waals surface area (Å²) in [5.41, 5.74) is 5.44. The standard InChI is InChI=1S/C23H26N4O3/c1-14-8-9-15(2)19(12-14)27-21(29)11-10-18(26-27)23(30)24-13-20(28)25-22-16(3)6-5-7-17(22)4/h5-9,12H,10-11,13H2,1-4H3,(H,24,30)(H,25,28). The normalized spacial score (nSPS) is 13.7. The Bertz CT molecular complexity index is 1020. The Labute approximate surface area is 176 Å². The van der Waals surface area contributed by atoms with Gasteiger partial charge < -0.3 is 10.6 Å². The third-order valence-electron chi connectivity index (χ3n) is 5.04. The maximum absolute atomic E-state index is 12.6. The minimum absolute atomic E-state index is 0.159. The Balaban J connectivity index is 1.68. The van der Waals surface area contributed by atoms with Gasteiger partial charge in [-0.15, -0.1) is 0 Å². The second-order valence-electron chi connectivity index (χ2n) is 7.54. The van der Waals surface area contributed by atoms with Crippen molar-refractivity contribution >= 4 is 34.8 Å². The summed E-state index contributed by atoms with van der Waals surface area (Å²) in [5, 5.41) is 11.0. The van der Waals surface area contributed by atoms with Crippen LogP contribution >= 0.6 is 0 Å². The highest BCUT2D eigenvalue weighted by molar-refractivity contribution is 6.40. The van der Waals surface area contributed by atoms with Crippen molar-refractivity contribution in [3.8, 4) is 0 Å². The van der Waals surface area contributed by atoms with Gasteiger partial charge in [0.05, 0.1) is 12.2 Å². The molecule has 0 unspecified atom stereocenters. The van der Waals surface area contributed by atoms with E-state index in [4.69, 9.17) is 0 Å². The van der Waals surface area contributed by atoms with Crippen LogP contribution in [0.25, 0.3) is 0 Å². The highest BCUT2D eigenvalue weighted by atomic mass is 16.2. The highest BCUT2D eigenvalue weighted by Gasteiger charge is 2.26. The van der Waals surface area contributed by atoms with E-state index in [2.05, 4.69) is 15.7 Å². The Morgan fingerprint density at radius 1 is 1.00 bits per heavy atom. The van der Waals surface area contributed by atoms with Gasteiger partial charge in [-0.05, 0) is 56.0 Å². The third kappa shape index (κ3) is 4.74. The van der Waals surface area contributed by atoms with Crippen molar-refractivity contribution in [2.45, 2.75) is 40.5 Å². The summed E-state index contributed by atoms with van der Waals surface area (Å²) in [6.07, 6.45) is 0.429. The molecular weight excluding hydrogens is 380 g/mol. The molecular formula is C23H26N4O3. The molecule has 0 aliphatic carbocycles. The van der Waals surface area contributed by atoms with Gasteiger partial charge in [-0.2, -0.15) is 5.10 Å². The van der Waals surface area contributed by atoms with Crippen molar-refractivity contribution in [1.82, 2.24) is 5.32 Å². The molecule has 0 saturated carbocycles. The molecule has 0 radical (unpaired) electrons. The number of amides is 3. The molecule has 2 aromatic carbocycles. The largest absolute Gasteiger partial charge is 0.342 e. The van der Waals surface area contributed by atoms with Crippen molar-refractivity contribution in [2.75, 3.05) is 16.9 Å². The number of nitrogens with one attached hydrogen (secondary N) is 2. The molecule has 3 rings (SSSR count). The van der Waals surface area contributed by atoms with Crippen LogP contribution in [0.3, 0.4) is 0 Å². The molecule has 0 aromatic heterocycles. The van der Waals surface area contributed by atoms with Gasteiger partial charge >= 0.3 is 0 Å². The zero-order valence-corrected chi connectivity index (χ0v) is 17.7. The van der Waals surface area contributed by atoms with E-state index in [0.717, 1.165) is 27.9 Å². The summed E-state index contributed by atoms with van der Waals surface area (Å²) < 4.78 is 0. The zero-order valence-electron chi connectivity index (χ0n) is 17.7. The van der Waals surface area contributed by atoms with Crippen molar-refractivity contribution in [2.24, 2.45) is 5.10 Å². The van der Waals surface area contributed by atoms with Gasteiger partial charge in [0.25, 0.3) is 5.91 Å². The fraction of sp³-hybridized carbons (Fsp3) is 0.304. The quantitative estimate of drug-likeness (QED) is 0.799. The number of carbonyl (C=O) groups excluding carboxylic acids is 3. The Kier molecular flexibility index (Phi) is 6.30. The van der Waals surface area contributed by atoms with Gasteiger partial charge in [-0.3, -0.25) is 14.4 Å². The molecule has 1 heterocycles. The molecule has 0 bridgehead atoms. The zero-order chi connectivity index (χ0) is 21.8. The fourth-order valence-electron chi connectivity index (χ4n) is 3.31. The van der Waals surface area contributed by atoms with E-state index in [-0.39, 0.29) is 36.9 Å². The average Bonchev–Trinajstić information content (AvgIpc) is 2.71. The number of anilines is 2. The first-order chi connectivity index (χ1) is 14.3. The lowest BCUT2D eigenvalue weighted by atomic mass is 10.1. The number of hydrogen-bond acceptors (Lipinski definition) is 4. The number of para-hydroxylation sites is 1. The number of aryl methyl sites for hydroxylation is 4. The highest BCUT2D eigenvalue weighted by Crippen LogP contribution is 2.25. The Morgan fingerprint density at radius 3 is 2.40 bits per heavy atom. The predicted molar refractivity (Wildman–Crippen MR) is 118 cm³/mol. The van der Waals surface area contributed by atoms with E-state index in [0.29, 0.717) is 5.69 Å². The lowest BCUT2D eigenvalue weighted by molar-refractivity contribution is -0.120. The van der Waals surface area contributed by atoms with Crippen LogP contribution in [0.15, 0.2) is 41.5 Å². The molecule has 7 nitrogen and oxygen atoms in total. The minimum atomic E-state index is -0.450. The number of carbonyl (C=O) groups is 3. The number of hydrazone groups is 1. The third-order valence-corrected chi connectivity index (χ3v) is 5.04. The molecule has 7 heteroatoms. The van der Waals surface area contributed by atoms with Gasteiger partial charge in [-0.1, -0.05) is 30.3 Å². The van der Waals surface area contributed by atoms with E-state index in [1.165, 1.54) is 5.01 Å². The number of benzene rings is 2. The predicted octanol–water partition coefficient (Wildman–Crippen LogP) is 3.16. The van der Waals surface area contributed by atoms with Gasteiger partial charge in [-0.25, -0.2) is 5.01 Å². The van der Waals surface area contributed by atoms with E-state index < -0.39 is 5.91 Å². The molecule has 2 aromatic rings. The van der Waals surface area contributed by atoms with Gasteiger partial charge in [0, 0.05) is 18.5 Å². The van der Waals surface area contributed by atoms with Crippen LogP contribution < -0.4 is 15.6 Å². The molecule has 1 aliphatic heterocycles. The van der Waals surface area contributed by atoms with Crippen LogP contribution in [-0.4, -0.2) is 30.0 Å². The van der Waals surface area contributed by atoms with Gasteiger partial charge in [0.1, 0.15) is 5.71 Å². The Morgan fingerprint density at radius 2 is 1.70 bits per heavy atom. The number of nitrogens with zero attached hydrogens (tertiary/aromatic N) is 2. The van der Waals surface area contributed by atoms with Crippen molar-refractivity contribution in [3.05, 3.63) is 58.7 Å². The van der Waals surface area contributed by atoms with Gasteiger partial charge in [0.2, 0.25) is 11.8 Å². The maximum atomic E-state index is 12.6. The molecule has 0 fully saturated rings. The summed E-state index contributed by atoms with van der Waals surface area (Å²) >= 11 is 0. The Hall–Kier alpha value is -3.48. The average molecular weight is 406 g/mol. The van der Waals surface area contributed by atoms with Crippen molar-refractivity contribution in [3.63, 3.8) is 0 Å². The van der Waals surface area contributed by atoms with Crippen LogP contribution in [0.5, 0.6) is 0 Å². The molecule has 156 valence electrons. The van der Waals surface area contributed by atoms with E-state index in [1.54, 1.807) is 0 Å². The van der Waals surface area contributed by atoms with Crippen molar-refractivity contribution in [1.29, 1.82) is 0 Å². The molecule has 30 heavy (non-hydrogen) atoms.